The molecular weight excluding hydrogens is 256 g/mol. The molecule has 106 valence electrons. The summed E-state index contributed by atoms with van der Waals surface area (Å²) in [6.07, 6.45) is 1.28. The van der Waals surface area contributed by atoms with E-state index in [0.717, 1.165) is 13.1 Å². The van der Waals surface area contributed by atoms with E-state index in [1.807, 2.05) is 0 Å². The third-order valence-corrected chi connectivity index (χ3v) is 5.71. The van der Waals surface area contributed by atoms with Crippen LogP contribution in [0.1, 0.15) is 40.5 Å². The lowest BCUT2D eigenvalue weighted by Crippen LogP contribution is -2.44. The van der Waals surface area contributed by atoms with Gasteiger partial charge in [0.1, 0.15) is 0 Å². The van der Waals surface area contributed by atoms with Crippen molar-refractivity contribution in [1.29, 1.82) is 0 Å². The smallest absolute Gasteiger partial charge is 0.0379 e. The number of nitrogens with zero attached hydrogens (tertiary/aromatic N) is 1. The van der Waals surface area contributed by atoms with Crippen molar-refractivity contribution in [2.45, 2.75) is 30.8 Å². The zero-order valence-electron chi connectivity index (χ0n) is 12.3. The topological polar surface area (TPSA) is 15.3 Å². The Bertz CT molecular complexity index is 721. The van der Waals surface area contributed by atoms with E-state index in [2.05, 4.69) is 59.7 Å². The van der Waals surface area contributed by atoms with Crippen LogP contribution in [0.5, 0.6) is 0 Å². The van der Waals surface area contributed by atoms with Gasteiger partial charge in [0.25, 0.3) is 0 Å². The van der Waals surface area contributed by atoms with E-state index in [4.69, 9.17) is 0 Å². The second-order valence-corrected chi connectivity index (χ2v) is 6.78. The van der Waals surface area contributed by atoms with Gasteiger partial charge in [-0.2, -0.15) is 0 Å². The average molecular weight is 276 g/mol. The third kappa shape index (κ3) is 1.51. The van der Waals surface area contributed by atoms with E-state index in [0.29, 0.717) is 17.9 Å². The molecule has 0 saturated carbocycles. The lowest BCUT2D eigenvalue weighted by Gasteiger charge is -2.45. The predicted molar refractivity (Wildman–Crippen MR) is 85.8 cm³/mol. The van der Waals surface area contributed by atoms with Crippen LogP contribution >= 0.6 is 0 Å². The minimum absolute atomic E-state index is 0.547. The van der Waals surface area contributed by atoms with Gasteiger partial charge in [-0.3, -0.25) is 4.90 Å². The van der Waals surface area contributed by atoms with Gasteiger partial charge in [-0.25, -0.2) is 0 Å². The number of likely N-dealkylation sites (N-methyl/N-ethyl adjacent to an activating group) is 1. The lowest BCUT2D eigenvalue weighted by molar-refractivity contribution is 0.170. The molecule has 2 aromatic rings. The van der Waals surface area contributed by atoms with Crippen LogP contribution < -0.4 is 5.32 Å². The van der Waals surface area contributed by atoms with Crippen molar-refractivity contribution >= 4 is 5.69 Å². The summed E-state index contributed by atoms with van der Waals surface area (Å²) in [5, 5.41) is 3.61. The van der Waals surface area contributed by atoms with Crippen LogP contribution in [-0.2, 0) is 6.54 Å². The number of benzene rings is 2. The van der Waals surface area contributed by atoms with E-state index >= 15 is 0 Å². The third-order valence-electron chi connectivity index (χ3n) is 5.71. The van der Waals surface area contributed by atoms with E-state index < -0.39 is 0 Å². The fourth-order valence-corrected chi connectivity index (χ4v) is 4.81. The molecule has 1 aliphatic carbocycles. The molecule has 2 heterocycles. The zero-order chi connectivity index (χ0) is 14.0. The highest BCUT2D eigenvalue weighted by Crippen LogP contribution is 2.51. The van der Waals surface area contributed by atoms with Gasteiger partial charge in [-0.05, 0) is 41.8 Å². The molecule has 0 aromatic heterocycles. The molecular formula is C19H20N2. The summed E-state index contributed by atoms with van der Waals surface area (Å²) in [5.74, 6) is 1.25. The summed E-state index contributed by atoms with van der Waals surface area (Å²) in [4.78, 5) is 2.57. The van der Waals surface area contributed by atoms with Gasteiger partial charge in [-0.1, -0.05) is 36.4 Å². The highest BCUT2D eigenvalue weighted by atomic mass is 15.1. The zero-order valence-corrected chi connectivity index (χ0v) is 12.3. The monoisotopic (exact) mass is 276 g/mol. The van der Waals surface area contributed by atoms with Gasteiger partial charge < -0.3 is 5.32 Å². The molecule has 2 aliphatic heterocycles. The van der Waals surface area contributed by atoms with Gasteiger partial charge in [0, 0.05) is 36.7 Å². The molecule has 3 aliphatic rings. The largest absolute Gasteiger partial charge is 0.384 e. The summed E-state index contributed by atoms with van der Waals surface area (Å²) in [6, 6.07) is 16.5. The Balaban J connectivity index is 1.77. The van der Waals surface area contributed by atoms with Crippen molar-refractivity contribution in [1.82, 2.24) is 4.90 Å². The van der Waals surface area contributed by atoms with E-state index in [1.54, 1.807) is 16.7 Å². The molecule has 0 radical (unpaired) electrons. The standard InChI is InChI=1S/C19H20N2/c1-21-11-12-5-2-3-6-14(12)19-15-7-4-8-16-18(15)13(10-20-16)9-17(19)21/h2-8,13,17,19-20H,9-11H2,1H3/t13-,17-,19-/m1/s1. The van der Waals surface area contributed by atoms with Gasteiger partial charge >= 0.3 is 0 Å². The molecule has 2 heteroatoms. The first-order chi connectivity index (χ1) is 10.3. The number of hydrogen-bond acceptors (Lipinski definition) is 2. The van der Waals surface area contributed by atoms with Gasteiger partial charge in [0.15, 0.2) is 0 Å². The Kier molecular flexibility index (Phi) is 2.31. The molecule has 0 bridgehead atoms. The predicted octanol–water partition coefficient (Wildman–Crippen LogP) is 3.55. The van der Waals surface area contributed by atoms with Gasteiger partial charge in [0.2, 0.25) is 0 Å². The van der Waals surface area contributed by atoms with Crippen LogP contribution in [0, 0.1) is 0 Å². The lowest BCUT2D eigenvalue weighted by atomic mass is 9.68. The van der Waals surface area contributed by atoms with Crippen LogP contribution in [0.25, 0.3) is 0 Å². The highest BCUT2D eigenvalue weighted by molar-refractivity contribution is 5.65. The minimum atomic E-state index is 0.547. The van der Waals surface area contributed by atoms with Crippen molar-refractivity contribution in [3.63, 3.8) is 0 Å². The molecule has 2 aromatic carbocycles. The van der Waals surface area contributed by atoms with Crippen molar-refractivity contribution < 1.29 is 0 Å². The van der Waals surface area contributed by atoms with E-state index in [-0.39, 0.29) is 0 Å². The number of anilines is 1. The van der Waals surface area contributed by atoms with Crippen molar-refractivity contribution in [2.75, 3.05) is 18.9 Å². The first kappa shape index (κ1) is 11.8. The first-order valence-corrected chi connectivity index (χ1v) is 7.97. The molecule has 0 amide bonds. The van der Waals surface area contributed by atoms with Crippen molar-refractivity contribution in [3.05, 3.63) is 64.7 Å². The molecule has 5 rings (SSSR count). The Hall–Kier alpha value is -1.80. The molecule has 21 heavy (non-hydrogen) atoms. The number of fused-ring (bicyclic) bond motifs is 4. The molecule has 1 N–H and O–H groups in total. The second-order valence-electron chi connectivity index (χ2n) is 6.78. The fourth-order valence-electron chi connectivity index (χ4n) is 4.81. The molecule has 0 unspecified atom stereocenters. The quantitative estimate of drug-likeness (QED) is 0.791. The number of rotatable bonds is 0. The fraction of sp³-hybridized carbons (Fsp3) is 0.368. The van der Waals surface area contributed by atoms with Crippen LogP contribution in [0.15, 0.2) is 42.5 Å². The Morgan fingerprint density at radius 1 is 1.05 bits per heavy atom. The molecule has 0 fully saturated rings. The normalized spacial score (nSPS) is 29.3. The van der Waals surface area contributed by atoms with Crippen LogP contribution in [-0.4, -0.2) is 24.5 Å². The van der Waals surface area contributed by atoms with Crippen molar-refractivity contribution in [3.8, 4) is 0 Å². The van der Waals surface area contributed by atoms with Gasteiger partial charge in [-0.15, -0.1) is 0 Å². The number of nitrogens with one attached hydrogen (secondary N) is 1. The summed E-state index contributed by atoms with van der Waals surface area (Å²) in [7, 11) is 2.30. The minimum Gasteiger partial charge on any atom is -0.384 e. The van der Waals surface area contributed by atoms with Crippen LogP contribution in [0.2, 0.25) is 0 Å². The van der Waals surface area contributed by atoms with Crippen molar-refractivity contribution in [2.24, 2.45) is 0 Å². The molecule has 2 nitrogen and oxygen atoms in total. The number of hydrogen-bond donors (Lipinski definition) is 1. The summed E-state index contributed by atoms with van der Waals surface area (Å²) >= 11 is 0. The summed E-state index contributed by atoms with van der Waals surface area (Å²) in [6.45, 7) is 2.21. The Morgan fingerprint density at radius 3 is 2.86 bits per heavy atom. The van der Waals surface area contributed by atoms with E-state index in [1.165, 1.54) is 17.7 Å². The summed E-state index contributed by atoms with van der Waals surface area (Å²) < 4.78 is 0. The Labute approximate surface area is 125 Å². The maximum atomic E-state index is 3.61. The first-order valence-electron chi connectivity index (χ1n) is 7.97. The maximum absolute atomic E-state index is 3.61. The van der Waals surface area contributed by atoms with Gasteiger partial charge in [0.05, 0.1) is 0 Å². The van der Waals surface area contributed by atoms with E-state index in [9.17, 15) is 0 Å². The highest BCUT2D eigenvalue weighted by Gasteiger charge is 2.43. The second kappa shape index (κ2) is 4.11. The maximum Gasteiger partial charge on any atom is 0.0379 e. The average Bonchev–Trinajstić information content (AvgIpc) is 2.93. The SMILES string of the molecule is CN1Cc2ccccc2[C@@H]2c3cccc4c3[C@@H](CN4)C[C@H]21. The van der Waals surface area contributed by atoms with Crippen LogP contribution in [0.3, 0.4) is 0 Å². The molecule has 0 spiro atoms. The molecule has 3 atom stereocenters. The van der Waals surface area contributed by atoms with Crippen LogP contribution in [0.4, 0.5) is 5.69 Å². The summed E-state index contributed by atoms with van der Waals surface area (Å²) in [5.41, 5.74) is 7.60. The Morgan fingerprint density at radius 2 is 1.90 bits per heavy atom. The molecule has 0 saturated heterocycles.